The molecule has 5 nitrogen and oxygen atoms in total. The lowest BCUT2D eigenvalue weighted by atomic mass is 10.1. The minimum atomic E-state index is -0.179. The van der Waals surface area contributed by atoms with Gasteiger partial charge < -0.3 is 10.1 Å². The van der Waals surface area contributed by atoms with Crippen LogP contribution in [0.25, 0.3) is 6.08 Å². The molecule has 0 radical (unpaired) electrons. The number of methoxy groups -OCH3 is 1. The van der Waals surface area contributed by atoms with Crippen LogP contribution >= 0.6 is 24.0 Å². The largest absolute Gasteiger partial charge is 0.497 e. The van der Waals surface area contributed by atoms with Crippen LogP contribution < -0.4 is 10.1 Å². The third-order valence-corrected chi connectivity index (χ3v) is 5.56. The summed E-state index contributed by atoms with van der Waals surface area (Å²) in [5.74, 6) is 0.380. The third-order valence-electron chi connectivity index (χ3n) is 4.18. The van der Waals surface area contributed by atoms with E-state index in [1.807, 2.05) is 37.3 Å². The van der Waals surface area contributed by atoms with E-state index in [-0.39, 0.29) is 24.8 Å². The van der Waals surface area contributed by atoms with Crippen molar-refractivity contribution in [1.82, 2.24) is 4.90 Å². The predicted octanol–water partition coefficient (Wildman–Crippen LogP) is 4.23. The summed E-state index contributed by atoms with van der Waals surface area (Å²) in [5.41, 5.74) is 2.78. The summed E-state index contributed by atoms with van der Waals surface area (Å²) < 4.78 is 5.57. The van der Waals surface area contributed by atoms with Crippen LogP contribution in [0, 0.1) is 6.92 Å². The van der Waals surface area contributed by atoms with Gasteiger partial charge in [-0.15, -0.1) is 0 Å². The first-order valence-corrected chi connectivity index (χ1v) is 9.94. The molecule has 2 aromatic rings. The molecule has 0 aromatic heterocycles. The zero-order valence-electron chi connectivity index (χ0n) is 15.6. The number of carbonyl (C=O) groups excluding carboxylic acids is 2. The monoisotopic (exact) mass is 412 g/mol. The molecular formula is C21H20N2O3S2. The van der Waals surface area contributed by atoms with Crippen molar-refractivity contribution in [3.63, 3.8) is 0 Å². The Morgan fingerprint density at radius 3 is 2.50 bits per heavy atom. The molecule has 1 saturated heterocycles. The highest BCUT2D eigenvalue weighted by Crippen LogP contribution is 2.32. The van der Waals surface area contributed by atoms with Crippen molar-refractivity contribution in [2.75, 3.05) is 19.0 Å². The molecule has 144 valence electrons. The van der Waals surface area contributed by atoms with Gasteiger partial charge in [-0.1, -0.05) is 53.8 Å². The van der Waals surface area contributed by atoms with Crippen LogP contribution in [-0.4, -0.2) is 34.7 Å². The van der Waals surface area contributed by atoms with Crippen LogP contribution in [0.1, 0.15) is 17.5 Å². The number of ether oxygens (including phenoxy) is 1. The Morgan fingerprint density at radius 1 is 1.18 bits per heavy atom. The van der Waals surface area contributed by atoms with E-state index in [1.54, 1.807) is 31.4 Å². The Bertz CT molecular complexity index is 922. The summed E-state index contributed by atoms with van der Waals surface area (Å²) in [6.45, 7) is 2.26. The average molecular weight is 413 g/mol. The van der Waals surface area contributed by atoms with Crippen molar-refractivity contribution in [2.45, 2.75) is 13.3 Å². The predicted molar refractivity (Wildman–Crippen MR) is 117 cm³/mol. The normalized spacial score (nSPS) is 15.2. The van der Waals surface area contributed by atoms with Crippen molar-refractivity contribution < 1.29 is 14.3 Å². The maximum absolute atomic E-state index is 12.6. The van der Waals surface area contributed by atoms with Gasteiger partial charge in [-0.25, -0.2) is 0 Å². The lowest BCUT2D eigenvalue weighted by molar-refractivity contribution is -0.122. The molecule has 28 heavy (non-hydrogen) atoms. The Labute approximate surface area is 173 Å². The van der Waals surface area contributed by atoms with Gasteiger partial charge in [-0.3, -0.25) is 14.5 Å². The molecule has 2 amide bonds. The molecule has 7 heteroatoms. The quantitative estimate of drug-likeness (QED) is 0.568. The van der Waals surface area contributed by atoms with Crippen LogP contribution in [0.2, 0.25) is 0 Å². The molecule has 1 heterocycles. The molecule has 1 aliphatic rings. The molecule has 0 aliphatic carbocycles. The molecule has 1 N–H and O–H groups in total. The van der Waals surface area contributed by atoms with Crippen molar-refractivity contribution in [3.05, 3.63) is 64.6 Å². The van der Waals surface area contributed by atoms with Crippen LogP contribution in [0.15, 0.2) is 53.4 Å². The van der Waals surface area contributed by atoms with E-state index in [1.165, 1.54) is 16.7 Å². The Morgan fingerprint density at radius 2 is 1.86 bits per heavy atom. The van der Waals surface area contributed by atoms with E-state index in [9.17, 15) is 9.59 Å². The maximum Gasteiger partial charge on any atom is 0.266 e. The van der Waals surface area contributed by atoms with E-state index in [4.69, 9.17) is 17.0 Å². The van der Waals surface area contributed by atoms with Crippen LogP contribution in [0.5, 0.6) is 5.75 Å². The number of hydrogen-bond donors (Lipinski definition) is 1. The van der Waals surface area contributed by atoms with E-state index in [2.05, 4.69) is 5.32 Å². The number of benzene rings is 2. The third kappa shape index (κ3) is 4.99. The van der Waals surface area contributed by atoms with Crippen molar-refractivity contribution in [2.24, 2.45) is 0 Å². The maximum atomic E-state index is 12.6. The molecular weight excluding hydrogens is 392 g/mol. The minimum absolute atomic E-state index is 0.159. The van der Waals surface area contributed by atoms with Crippen molar-refractivity contribution >= 4 is 51.9 Å². The average Bonchev–Trinajstić information content (AvgIpc) is 2.95. The van der Waals surface area contributed by atoms with Gasteiger partial charge in [0.15, 0.2) is 0 Å². The molecule has 0 atom stereocenters. The van der Waals surface area contributed by atoms with Crippen LogP contribution in [0.4, 0.5) is 5.69 Å². The number of nitrogens with zero attached hydrogens (tertiary/aromatic N) is 1. The summed E-state index contributed by atoms with van der Waals surface area (Å²) in [7, 11) is 1.59. The number of anilines is 1. The summed E-state index contributed by atoms with van der Waals surface area (Å²) >= 11 is 6.59. The SMILES string of the molecule is COc1ccc(NC(=O)CCN2C(=O)/C(=C\c3ccc(C)cc3)SC2=S)cc1. The standard InChI is InChI=1S/C21H20N2O3S2/c1-14-3-5-15(6-4-14)13-18-20(25)23(21(27)28-18)12-11-19(24)22-16-7-9-17(26-2)10-8-16/h3-10,13H,11-12H2,1-2H3,(H,22,24)/b18-13+. The number of rotatable bonds is 6. The molecule has 2 aromatic carbocycles. The smallest absolute Gasteiger partial charge is 0.266 e. The van der Waals surface area contributed by atoms with Crippen molar-refractivity contribution in [3.8, 4) is 5.75 Å². The summed E-state index contributed by atoms with van der Waals surface area (Å²) in [5, 5.41) is 2.81. The van der Waals surface area contributed by atoms with Crippen LogP contribution in [-0.2, 0) is 9.59 Å². The van der Waals surface area contributed by atoms with Crippen LogP contribution in [0.3, 0.4) is 0 Å². The first kappa shape index (κ1) is 20.1. The zero-order valence-corrected chi connectivity index (χ0v) is 17.2. The second-order valence-electron chi connectivity index (χ2n) is 6.27. The van der Waals surface area contributed by atoms with E-state index in [0.717, 1.165) is 16.9 Å². The van der Waals surface area contributed by atoms with Gasteiger partial charge in [0.25, 0.3) is 5.91 Å². The molecule has 3 rings (SSSR count). The van der Waals surface area contributed by atoms with Gasteiger partial charge in [0.05, 0.1) is 12.0 Å². The lowest BCUT2D eigenvalue weighted by Gasteiger charge is -2.14. The lowest BCUT2D eigenvalue weighted by Crippen LogP contribution is -2.31. The first-order valence-electron chi connectivity index (χ1n) is 8.72. The number of amides is 2. The fourth-order valence-electron chi connectivity index (χ4n) is 2.62. The highest BCUT2D eigenvalue weighted by molar-refractivity contribution is 8.26. The zero-order chi connectivity index (χ0) is 20.1. The fourth-order valence-corrected chi connectivity index (χ4v) is 3.93. The molecule has 0 unspecified atom stereocenters. The summed E-state index contributed by atoms with van der Waals surface area (Å²) in [6, 6.07) is 15.0. The Hall–Kier alpha value is -2.64. The van der Waals surface area contributed by atoms with Gasteiger partial charge >= 0.3 is 0 Å². The molecule has 0 bridgehead atoms. The molecule has 0 saturated carbocycles. The summed E-state index contributed by atoms with van der Waals surface area (Å²) in [6.07, 6.45) is 1.99. The van der Waals surface area contributed by atoms with Gasteiger partial charge in [-0.05, 0) is 42.8 Å². The highest BCUT2D eigenvalue weighted by atomic mass is 32.2. The van der Waals surface area contributed by atoms with Gasteiger partial charge in [0.2, 0.25) is 5.91 Å². The van der Waals surface area contributed by atoms with Gasteiger partial charge in [-0.2, -0.15) is 0 Å². The first-order chi connectivity index (χ1) is 13.5. The number of aryl methyl sites for hydroxylation is 1. The second-order valence-corrected chi connectivity index (χ2v) is 7.95. The topological polar surface area (TPSA) is 58.6 Å². The number of nitrogens with one attached hydrogen (secondary N) is 1. The molecule has 1 aliphatic heterocycles. The molecule has 1 fully saturated rings. The number of carbonyl (C=O) groups is 2. The second kappa shape index (κ2) is 9.03. The number of thiocarbonyl (C=S) groups is 1. The Kier molecular flexibility index (Phi) is 6.49. The van der Waals surface area contributed by atoms with E-state index >= 15 is 0 Å². The van der Waals surface area contributed by atoms with Gasteiger partial charge in [0, 0.05) is 18.7 Å². The number of thioether (sulfide) groups is 1. The van der Waals surface area contributed by atoms with E-state index < -0.39 is 0 Å². The van der Waals surface area contributed by atoms with Crippen molar-refractivity contribution in [1.29, 1.82) is 0 Å². The number of hydrogen-bond acceptors (Lipinski definition) is 5. The van der Waals surface area contributed by atoms with E-state index in [0.29, 0.717) is 14.9 Å². The van der Waals surface area contributed by atoms with Gasteiger partial charge in [0.1, 0.15) is 10.1 Å². The highest BCUT2D eigenvalue weighted by Gasteiger charge is 2.32. The fraction of sp³-hybridized carbons (Fsp3) is 0.190. The Balaban J connectivity index is 1.57. The summed E-state index contributed by atoms with van der Waals surface area (Å²) in [4.78, 5) is 26.9. The minimum Gasteiger partial charge on any atom is -0.497 e. The molecule has 0 spiro atoms.